The van der Waals surface area contributed by atoms with E-state index in [1.807, 2.05) is 13.8 Å². The second-order valence-corrected chi connectivity index (χ2v) is 7.98. The standard InChI is InChI=1S/C17H27N3O7S/c1-8(2)3-11(16(18)26)20-17(27)9-4-10(15(25)12(21)5-9)19-13(22)6-28-7-14(23)24/h4,8,10-12,15,21,25H,3,5-7H2,1-2H3,(H2,18,26)(H,19,22)(H,20,27)(H,23,24)/t10-,11-,12-,15-/m1/s1. The molecule has 0 saturated heterocycles. The lowest BCUT2D eigenvalue weighted by Gasteiger charge is -2.31. The van der Waals surface area contributed by atoms with Crippen LogP contribution in [-0.4, -0.2) is 74.8 Å². The Kier molecular flexibility index (Phi) is 9.42. The maximum atomic E-state index is 12.5. The molecule has 0 radical (unpaired) electrons. The maximum absolute atomic E-state index is 12.5. The number of aliphatic carboxylic acids is 1. The first-order valence-corrected chi connectivity index (χ1v) is 9.92. The molecule has 0 aromatic heterocycles. The summed E-state index contributed by atoms with van der Waals surface area (Å²) in [6.45, 7) is 3.74. The number of primary amides is 1. The molecule has 0 bridgehead atoms. The topological polar surface area (TPSA) is 179 Å². The van der Waals surface area contributed by atoms with Crippen LogP contribution in [0.5, 0.6) is 0 Å². The number of carbonyl (C=O) groups excluding carboxylic acids is 3. The zero-order chi connectivity index (χ0) is 21.4. The average molecular weight is 417 g/mol. The predicted octanol–water partition coefficient (Wildman–Crippen LogP) is -1.64. The lowest BCUT2D eigenvalue weighted by Crippen LogP contribution is -2.52. The first-order valence-electron chi connectivity index (χ1n) is 8.77. The third kappa shape index (κ3) is 7.87. The monoisotopic (exact) mass is 417 g/mol. The van der Waals surface area contributed by atoms with Gasteiger partial charge in [0.1, 0.15) is 12.1 Å². The molecular weight excluding hydrogens is 390 g/mol. The van der Waals surface area contributed by atoms with Crippen LogP contribution >= 0.6 is 11.8 Å². The number of hydrogen-bond donors (Lipinski definition) is 6. The molecule has 0 spiro atoms. The van der Waals surface area contributed by atoms with Gasteiger partial charge in [-0.05, 0) is 12.3 Å². The summed E-state index contributed by atoms with van der Waals surface area (Å²) in [5, 5.41) is 33.6. The van der Waals surface area contributed by atoms with Crippen LogP contribution in [0.25, 0.3) is 0 Å². The largest absolute Gasteiger partial charge is 0.481 e. The summed E-state index contributed by atoms with van der Waals surface area (Å²) >= 11 is 0.877. The second-order valence-electron chi connectivity index (χ2n) is 6.99. The lowest BCUT2D eigenvalue weighted by molar-refractivity contribution is -0.134. The smallest absolute Gasteiger partial charge is 0.313 e. The fourth-order valence-corrected chi connectivity index (χ4v) is 3.24. The first kappa shape index (κ1) is 23.9. The number of hydrogen-bond acceptors (Lipinski definition) is 7. The minimum atomic E-state index is -1.33. The highest BCUT2D eigenvalue weighted by Gasteiger charge is 2.34. The number of aliphatic hydroxyl groups is 2. The zero-order valence-corrected chi connectivity index (χ0v) is 16.6. The Bertz CT molecular complexity index is 638. The summed E-state index contributed by atoms with van der Waals surface area (Å²) in [4.78, 5) is 46.4. The van der Waals surface area contributed by atoms with E-state index in [1.165, 1.54) is 6.08 Å². The van der Waals surface area contributed by atoms with Gasteiger partial charge in [-0.2, -0.15) is 0 Å². The molecule has 4 atom stereocenters. The SMILES string of the molecule is CC(C)C[C@@H](NC(=O)C1=C[C@@H](NC(=O)CSCC(=O)O)[C@@H](O)[C@H](O)C1)C(N)=O. The molecule has 0 fully saturated rings. The van der Waals surface area contributed by atoms with Gasteiger partial charge in [-0.15, -0.1) is 11.8 Å². The molecule has 1 aliphatic rings. The molecule has 0 heterocycles. The highest BCUT2D eigenvalue weighted by molar-refractivity contribution is 8.00. The summed E-state index contributed by atoms with van der Waals surface area (Å²) in [6.07, 6.45) is -1.10. The third-order valence-corrected chi connectivity index (χ3v) is 4.92. The van der Waals surface area contributed by atoms with Crippen LogP contribution in [0.1, 0.15) is 26.7 Å². The van der Waals surface area contributed by atoms with Crippen molar-refractivity contribution in [3.63, 3.8) is 0 Å². The normalized spacial score (nSPS) is 22.9. The number of nitrogens with two attached hydrogens (primary N) is 1. The second kappa shape index (κ2) is 11.0. The number of carboxylic acid groups (broad SMARTS) is 1. The molecular formula is C17H27N3O7S. The number of rotatable bonds is 10. The van der Waals surface area contributed by atoms with Crippen LogP contribution in [0.15, 0.2) is 11.6 Å². The minimum absolute atomic E-state index is 0.108. The summed E-state index contributed by atoms with van der Waals surface area (Å²) in [6, 6.07) is -1.91. The van der Waals surface area contributed by atoms with Crippen molar-refractivity contribution in [2.45, 2.75) is 51.0 Å². The first-order chi connectivity index (χ1) is 13.0. The predicted molar refractivity (Wildman–Crippen MR) is 102 cm³/mol. The number of aliphatic hydroxyl groups excluding tert-OH is 2. The van der Waals surface area contributed by atoms with Crippen molar-refractivity contribution in [2.24, 2.45) is 11.7 Å². The molecule has 0 unspecified atom stereocenters. The summed E-state index contributed by atoms with van der Waals surface area (Å²) in [5.41, 5.74) is 5.42. The molecule has 0 aliphatic heterocycles. The zero-order valence-electron chi connectivity index (χ0n) is 15.8. The van der Waals surface area contributed by atoms with Gasteiger partial charge in [-0.25, -0.2) is 0 Å². The van der Waals surface area contributed by atoms with Gasteiger partial charge >= 0.3 is 5.97 Å². The third-order valence-electron chi connectivity index (χ3n) is 4.01. The van der Waals surface area contributed by atoms with Crippen molar-refractivity contribution in [1.82, 2.24) is 10.6 Å². The number of nitrogens with one attached hydrogen (secondary N) is 2. The molecule has 1 rings (SSSR count). The Labute approximate surface area is 166 Å². The number of carbonyl (C=O) groups is 4. The Morgan fingerprint density at radius 2 is 1.89 bits per heavy atom. The number of amides is 3. The van der Waals surface area contributed by atoms with E-state index in [9.17, 15) is 29.4 Å². The molecule has 158 valence electrons. The molecule has 0 aromatic carbocycles. The van der Waals surface area contributed by atoms with Crippen LogP contribution in [0, 0.1) is 5.92 Å². The summed E-state index contributed by atoms with van der Waals surface area (Å²) in [5.74, 6) is -3.20. The van der Waals surface area contributed by atoms with Crippen molar-refractivity contribution in [3.05, 3.63) is 11.6 Å². The van der Waals surface area contributed by atoms with E-state index in [2.05, 4.69) is 10.6 Å². The molecule has 28 heavy (non-hydrogen) atoms. The highest BCUT2D eigenvalue weighted by Crippen LogP contribution is 2.20. The fraction of sp³-hybridized carbons (Fsp3) is 0.647. The van der Waals surface area contributed by atoms with Crippen LogP contribution in [0.3, 0.4) is 0 Å². The van der Waals surface area contributed by atoms with Gasteiger partial charge in [-0.1, -0.05) is 19.9 Å². The van der Waals surface area contributed by atoms with E-state index in [-0.39, 0.29) is 29.4 Å². The van der Waals surface area contributed by atoms with Gasteiger partial charge in [0.15, 0.2) is 0 Å². The molecule has 0 aromatic rings. The van der Waals surface area contributed by atoms with E-state index in [0.29, 0.717) is 6.42 Å². The highest BCUT2D eigenvalue weighted by atomic mass is 32.2. The Balaban J connectivity index is 2.80. The lowest BCUT2D eigenvalue weighted by atomic mass is 9.89. The Morgan fingerprint density at radius 3 is 2.43 bits per heavy atom. The van der Waals surface area contributed by atoms with E-state index in [0.717, 1.165) is 11.8 Å². The van der Waals surface area contributed by atoms with Crippen LogP contribution in [-0.2, 0) is 19.2 Å². The van der Waals surface area contributed by atoms with E-state index in [4.69, 9.17) is 10.8 Å². The number of carboxylic acids is 1. The molecule has 1 aliphatic carbocycles. The van der Waals surface area contributed by atoms with Gasteiger partial charge < -0.3 is 31.7 Å². The fourth-order valence-electron chi connectivity index (χ4n) is 2.69. The molecule has 11 heteroatoms. The van der Waals surface area contributed by atoms with E-state index >= 15 is 0 Å². The molecule has 0 saturated carbocycles. The van der Waals surface area contributed by atoms with Gasteiger partial charge in [0, 0.05) is 12.0 Å². The molecule has 7 N–H and O–H groups in total. The Morgan fingerprint density at radius 1 is 1.25 bits per heavy atom. The molecule has 10 nitrogen and oxygen atoms in total. The van der Waals surface area contributed by atoms with Crippen molar-refractivity contribution in [1.29, 1.82) is 0 Å². The van der Waals surface area contributed by atoms with Crippen molar-refractivity contribution in [2.75, 3.05) is 11.5 Å². The van der Waals surface area contributed by atoms with Gasteiger partial charge in [0.05, 0.1) is 23.7 Å². The summed E-state index contributed by atoms with van der Waals surface area (Å²) in [7, 11) is 0. The average Bonchev–Trinajstić information content (AvgIpc) is 2.57. The van der Waals surface area contributed by atoms with Crippen molar-refractivity contribution in [3.8, 4) is 0 Å². The van der Waals surface area contributed by atoms with E-state index in [1.54, 1.807) is 0 Å². The van der Waals surface area contributed by atoms with E-state index < -0.39 is 48.0 Å². The number of thioether (sulfide) groups is 1. The van der Waals surface area contributed by atoms with Gasteiger partial charge in [0.2, 0.25) is 17.7 Å². The van der Waals surface area contributed by atoms with Crippen LogP contribution < -0.4 is 16.4 Å². The maximum Gasteiger partial charge on any atom is 0.313 e. The van der Waals surface area contributed by atoms with Gasteiger partial charge in [0.25, 0.3) is 0 Å². The Hall–Kier alpha value is -2.11. The van der Waals surface area contributed by atoms with Crippen LogP contribution in [0.4, 0.5) is 0 Å². The van der Waals surface area contributed by atoms with Crippen molar-refractivity contribution >= 4 is 35.5 Å². The summed E-state index contributed by atoms with van der Waals surface area (Å²) < 4.78 is 0. The minimum Gasteiger partial charge on any atom is -0.481 e. The molecule has 3 amide bonds. The quantitative estimate of drug-likeness (QED) is 0.245. The van der Waals surface area contributed by atoms with Gasteiger partial charge in [-0.3, -0.25) is 19.2 Å². The van der Waals surface area contributed by atoms with Crippen LogP contribution in [0.2, 0.25) is 0 Å². The van der Waals surface area contributed by atoms with Crippen molar-refractivity contribution < 1.29 is 34.5 Å².